The number of rotatable bonds is 8. The zero-order valence-corrected chi connectivity index (χ0v) is 19.3. The Labute approximate surface area is 200 Å². The van der Waals surface area contributed by atoms with E-state index in [1.165, 1.54) is 11.8 Å². The highest BCUT2D eigenvalue weighted by Gasteiger charge is 2.19. The van der Waals surface area contributed by atoms with Crippen molar-refractivity contribution in [3.63, 3.8) is 0 Å². The Bertz CT molecular complexity index is 1280. The average Bonchev–Trinajstić information content (AvgIpc) is 3.33. The largest absolute Gasteiger partial charge is 0.495 e. The second kappa shape index (κ2) is 10.6. The Balaban J connectivity index is 1.37. The van der Waals surface area contributed by atoms with Crippen molar-refractivity contribution >= 4 is 35.0 Å². The number of carbonyl (C=O) groups is 2. The quantitative estimate of drug-likeness (QED) is 0.371. The first-order chi connectivity index (χ1) is 16.5. The molecule has 1 atom stereocenters. The third-order valence-electron chi connectivity index (χ3n) is 4.86. The molecule has 9 nitrogen and oxygen atoms in total. The lowest BCUT2D eigenvalue weighted by atomic mass is 10.2. The second-order valence-electron chi connectivity index (χ2n) is 7.19. The van der Waals surface area contributed by atoms with Gasteiger partial charge in [-0.1, -0.05) is 42.1 Å². The van der Waals surface area contributed by atoms with E-state index < -0.39 is 5.25 Å². The van der Waals surface area contributed by atoms with Gasteiger partial charge in [-0.3, -0.25) is 9.59 Å². The maximum Gasteiger partial charge on any atom is 0.255 e. The van der Waals surface area contributed by atoms with E-state index in [1.54, 1.807) is 55.1 Å². The minimum Gasteiger partial charge on any atom is -0.495 e. The lowest BCUT2D eigenvalue weighted by molar-refractivity contribution is -0.115. The van der Waals surface area contributed by atoms with Crippen LogP contribution in [0.4, 0.5) is 11.4 Å². The van der Waals surface area contributed by atoms with Gasteiger partial charge in [-0.05, 0) is 65.9 Å². The molecular weight excluding hydrogens is 452 g/mol. The number of amides is 2. The van der Waals surface area contributed by atoms with Crippen molar-refractivity contribution in [2.75, 3.05) is 17.7 Å². The Hall–Kier alpha value is -4.18. The molecule has 2 amide bonds. The number of para-hydroxylation sites is 3. The number of anilines is 2. The summed E-state index contributed by atoms with van der Waals surface area (Å²) in [7, 11) is 1.55. The van der Waals surface area contributed by atoms with Crippen LogP contribution in [-0.4, -0.2) is 44.4 Å². The predicted molar refractivity (Wildman–Crippen MR) is 130 cm³/mol. The maximum absolute atomic E-state index is 12.7. The topological polar surface area (TPSA) is 111 Å². The number of tetrazole rings is 1. The zero-order valence-electron chi connectivity index (χ0n) is 18.5. The Kier molecular flexibility index (Phi) is 7.19. The number of carbonyl (C=O) groups excluding carboxylic acids is 2. The molecular formula is C24H22N6O3S. The molecule has 0 fully saturated rings. The van der Waals surface area contributed by atoms with Crippen LogP contribution in [0.15, 0.2) is 84.0 Å². The summed E-state index contributed by atoms with van der Waals surface area (Å²) in [6.45, 7) is 1.78. The van der Waals surface area contributed by atoms with Gasteiger partial charge in [0, 0.05) is 11.3 Å². The Morgan fingerprint density at radius 3 is 2.38 bits per heavy atom. The highest BCUT2D eigenvalue weighted by molar-refractivity contribution is 8.00. The van der Waals surface area contributed by atoms with Gasteiger partial charge in [0.05, 0.1) is 23.7 Å². The first-order valence-corrected chi connectivity index (χ1v) is 11.3. The van der Waals surface area contributed by atoms with Gasteiger partial charge in [0.2, 0.25) is 11.1 Å². The van der Waals surface area contributed by atoms with E-state index in [4.69, 9.17) is 4.74 Å². The van der Waals surface area contributed by atoms with Crippen molar-refractivity contribution in [1.29, 1.82) is 0 Å². The molecule has 1 aromatic heterocycles. The number of benzene rings is 3. The predicted octanol–water partition coefficient (Wildman–Crippen LogP) is 4.04. The molecule has 172 valence electrons. The lowest BCUT2D eigenvalue weighted by Crippen LogP contribution is -2.23. The number of hydrogen-bond acceptors (Lipinski definition) is 7. The molecule has 0 bridgehead atoms. The maximum atomic E-state index is 12.7. The van der Waals surface area contributed by atoms with E-state index in [0.29, 0.717) is 27.8 Å². The van der Waals surface area contributed by atoms with E-state index in [-0.39, 0.29) is 11.8 Å². The number of nitrogens with zero attached hydrogens (tertiary/aromatic N) is 4. The third kappa shape index (κ3) is 5.41. The first kappa shape index (κ1) is 23.0. The lowest BCUT2D eigenvalue weighted by Gasteiger charge is -2.12. The summed E-state index contributed by atoms with van der Waals surface area (Å²) in [6, 6.07) is 23.3. The highest BCUT2D eigenvalue weighted by Crippen LogP contribution is 2.25. The van der Waals surface area contributed by atoms with Crippen molar-refractivity contribution in [1.82, 2.24) is 20.2 Å². The monoisotopic (exact) mass is 474 g/mol. The number of nitrogens with one attached hydrogen (secondary N) is 2. The van der Waals surface area contributed by atoms with Crippen LogP contribution in [0, 0.1) is 0 Å². The second-order valence-corrected chi connectivity index (χ2v) is 8.50. The highest BCUT2D eigenvalue weighted by atomic mass is 32.2. The fraction of sp³-hybridized carbons (Fsp3) is 0.125. The SMILES string of the molecule is COc1ccccc1NC(=O)c1ccc(NC(=O)C(C)Sc2nnnn2-c2ccccc2)cc1. The van der Waals surface area contributed by atoms with Crippen LogP contribution in [0.5, 0.6) is 5.75 Å². The summed E-state index contributed by atoms with van der Waals surface area (Å²) in [5.74, 6) is 0.0856. The van der Waals surface area contributed by atoms with E-state index in [0.717, 1.165) is 5.69 Å². The summed E-state index contributed by atoms with van der Waals surface area (Å²) in [5, 5.41) is 17.5. The molecule has 0 saturated heterocycles. The number of hydrogen-bond donors (Lipinski definition) is 2. The standard InChI is InChI=1S/C24H22N6O3S/c1-16(34-24-27-28-29-30(24)19-8-4-3-5-9-19)22(31)25-18-14-12-17(13-15-18)23(32)26-20-10-6-7-11-21(20)33-2/h3-16H,1-2H3,(H,25,31)(H,26,32). The molecule has 0 aliphatic carbocycles. The van der Waals surface area contributed by atoms with Crippen LogP contribution in [0.1, 0.15) is 17.3 Å². The third-order valence-corrected chi connectivity index (χ3v) is 5.90. The molecule has 4 rings (SSSR count). The van der Waals surface area contributed by atoms with Gasteiger partial charge in [-0.2, -0.15) is 4.68 Å². The molecule has 4 aromatic rings. The van der Waals surface area contributed by atoms with Crippen molar-refractivity contribution in [2.45, 2.75) is 17.3 Å². The van der Waals surface area contributed by atoms with Crippen LogP contribution < -0.4 is 15.4 Å². The molecule has 2 N–H and O–H groups in total. The van der Waals surface area contributed by atoms with Gasteiger partial charge in [0.1, 0.15) is 5.75 Å². The van der Waals surface area contributed by atoms with Crippen molar-refractivity contribution in [2.24, 2.45) is 0 Å². The molecule has 0 aliphatic rings. The number of aromatic nitrogens is 4. The van der Waals surface area contributed by atoms with Crippen molar-refractivity contribution < 1.29 is 14.3 Å². The fourth-order valence-electron chi connectivity index (χ4n) is 3.09. The normalized spacial score (nSPS) is 11.5. The van der Waals surface area contributed by atoms with E-state index >= 15 is 0 Å². The van der Waals surface area contributed by atoms with Crippen LogP contribution >= 0.6 is 11.8 Å². The van der Waals surface area contributed by atoms with Gasteiger partial charge in [0.15, 0.2) is 0 Å². The fourth-order valence-corrected chi connectivity index (χ4v) is 3.89. The minimum absolute atomic E-state index is 0.209. The van der Waals surface area contributed by atoms with E-state index in [9.17, 15) is 9.59 Å². The summed E-state index contributed by atoms with van der Waals surface area (Å²) in [5.41, 5.74) is 2.42. The van der Waals surface area contributed by atoms with Crippen molar-refractivity contribution in [3.05, 3.63) is 84.4 Å². The summed E-state index contributed by atoms with van der Waals surface area (Å²) < 4.78 is 6.85. The van der Waals surface area contributed by atoms with Crippen molar-refractivity contribution in [3.8, 4) is 11.4 Å². The van der Waals surface area contributed by atoms with Gasteiger partial charge >= 0.3 is 0 Å². The molecule has 0 spiro atoms. The summed E-state index contributed by atoms with van der Waals surface area (Å²) >= 11 is 1.25. The van der Waals surface area contributed by atoms with E-state index in [1.807, 2.05) is 42.5 Å². The number of methoxy groups -OCH3 is 1. The smallest absolute Gasteiger partial charge is 0.255 e. The van der Waals surface area contributed by atoms with Crippen LogP contribution in [-0.2, 0) is 4.79 Å². The molecule has 0 saturated carbocycles. The molecule has 0 aliphatic heterocycles. The van der Waals surface area contributed by atoms with Gasteiger partial charge in [0.25, 0.3) is 5.91 Å². The summed E-state index contributed by atoms with van der Waals surface area (Å²) in [6.07, 6.45) is 0. The molecule has 10 heteroatoms. The molecule has 3 aromatic carbocycles. The molecule has 1 unspecified atom stereocenters. The van der Waals surface area contributed by atoms with E-state index in [2.05, 4.69) is 26.2 Å². The van der Waals surface area contributed by atoms with Crippen LogP contribution in [0.2, 0.25) is 0 Å². The number of thioether (sulfide) groups is 1. The van der Waals surface area contributed by atoms with Gasteiger partial charge in [-0.25, -0.2) is 0 Å². The first-order valence-electron chi connectivity index (χ1n) is 10.4. The van der Waals surface area contributed by atoms with Gasteiger partial charge < -0.3 is 15.4 Å². The Morgan fingerprint density at radius 1 is 0.941 bits per heavy atom. The molecule has 0 radical (unpaired) electrons. The minimum atomic E-state index is -0.456. The molecule has 34 heavy (non-hydrogen) atoms. The van der Waals surface area contributed by atoms with Crippen LogP contribution in [0.3, 0.4) is 0 Å². The zero-order chi connectivity index (χ0) is 23.9. The number of ether oxygens (including phenoxy) is 1. The van der Waals surface area contributed by atoms with Gasteiger partial charge in [-0.15, -0.1) is 5.10 Å². The van der Waals surface area contributed by atoms with Crippen LogP contribution in [0.25, 0.3) is 5.69 Å². The average molecular weight is 475 g/mol. The summed E-state index contributed by atoms with van der Waals surface area (Å²) in [4.78, 5) is 25.3. The Morgan fingerprint density at radius 2 is 1.65 bits per heavy atom. The molecule has 1 heterocycles.